The Labute approximate surface area is 100 Å². The normalized spacial score (nSPS) is 34.7. The molecule has 1 saturated carbocycles. The van der Waals surface area contributed by atoms with Gasteiger partial charge in [-0.1, -0.05) is 32.6 Å². The average molecular weight is 225 g/mol. The van der Waals surface area contributed by atoms with Crippen LogP contribution in [0.3, 0.4) is 0 Å². The summed E-state index contributed by atoms with van der Waals surface area (Å²) in [6, 6.07) is 0.674. The molecule has 0 aromatic rings. The van der Waals surface area contributed by atoms with Crippen molar-refractivity contribution in [3.8, 4) is 0 Å². The molecule has 16 heavy (non-hydrogen) atoms. The Hall–Kier alpha value is -0.0800. The van der Waals surface area contributed by atoms with Crippen LogP contribution >= 0.6 is 0 Å². The first-order chi connectivity index (χ1) is 7.65. The summed E-state index contributed by atoms with van der Waals surface area (Å²) in [6.45, 7) is 6.70. The SMILES string of the molecule is CC1CC(C)N(CC(O)CC2CCCC2)C1. The predicted molar refractivity (Wildman–Crippen MR) is 67.4 cm³/mol. The molecule has 0 spiro atoms. The standard InChI is InChI=1S/C14H27NO/c1-11-7-12(2)15(9-11)10-14(16)8-13-5-3-4-6-13/h11-14,16H,3-10H2,1-2H3. The zero-order chi connectivity index (χ0) is 11.5. The van der Waals surface area contributed by atoms with Crippen LogP contribution in [-0.2, 0) is 0 Å². The highest BCUT2D eigenvalue weighted by Gasteiger charge is 2.28. The molecular formula is C14H27NO. The summed E-state index contributed by atoms with van der Waals surface area (Å²) >= 11 is 0. The molecule has 3 unspecified atom stereocenters. The van der Waals surface area contributed by atoms with Gasteiger partial charge in [-0.2, -0.15) is 0 Å². The maximum atomic E-state index is 10.1. The van der Waals surface area contributed by atoms with Crippen LogP contribution in [0.15, 0.2) is 0 Å². The molecule has 3 atom stereocenters. The van der Waals surface area contributed by atoms with Crippen LogP contribution in [0.25, 0.3) is 0 Å². The number of aliphatic hydroxyl groups excluding tert-OH is 1. The van der Waals surface area contributed by atoms with Gasteiger partial charge >= 0.3 is 0 Å². The zero-order valence-corrected chi connectivity index (χ0v) is 10.9. The first-order valence-corrected chi connectivity index (χ1v) is 7.07. The maximum Gasteiger partial charge on any atom is 0.0669 e. The highest BCUT2D eigenvalue weighted by molar-refractivity contribution is 4.82. The van der Waals surface area contributed by atoms with E-state index in [0.29, 0.717) is 6.04 Å². The molecule has 0 aromatic heterocycles. The van der Waals surface area contributed by atoms with Gasteiger partial charge in [-0.05, 0) is 31.6 Å². The van der Waals surface area contributed by atoms with Crippen LogP contribution in [0.2, 0.25) is 0 Å². The van der Waals surface area contributed by atoms with Crippen LogP contribution < -0.4 is 0 Å². The molecule has 1 N–H and O–H groups in total. The van der Waals surface area contributed by atoms with Crippen molar-refractivity contribution in [2.24, 2.45) is 11.8 Å². The molecule has 1 heterocycles. The maximum absolute atomic E-state index is 10.1. The van der Waals surface area contributed by atoms with Crippen LogP contribution in [0, 0.1) is 11.8 Å². The Kier molecular flexibility index (Phi) is 4.26. The van der Waals surface area contributed by atoms with E-state index in [9.17, 15) is 5.11 Å². The molecule has 94 valence electrons. The van der Waals surface area contributed by atoms with E-state index in [4.69, 9.17) is 0 Å². The van der Waals surface area contributed by atoms with Crippen molar-refractivity contribution < 1.29 is 5.11 Å². The molecule has 0 bridgehead atoms. The number of likely N-dealkylation sites (tertiary alicyclic amines) is 1. The molecule has 2 rings (SSSR count). The van der Waals surface area contributed by atoms with Gasteiger partial charge in [0.2, 0.25) is 0 Å². The van der Waals surface area contributed by atoms with E-state index in [1.165, 1.54) is 38.6 Å². The van der Waals surface area contributed by atoms with Gasteiger partial charge < -0.3 is 5.11 Å². The second kappa shape index (κ2) is 5.50. The third-order valence-corrected chi connectivity index (χ3v) is 4.44. The van der Waals surface area contributed by atoms with Gasteiger partial charge in [-0.15, -0.1) is 0 Å². The molecule has 1 aliphatic heterocycles. The Bertz CT molecular complexity index is 213. The molecule has 2 fully saturated rings. The zero-order valence-electron chi connectivity index (χ0n) is 10.9. The second-order valence-electron chi connectivity index (χ2n) is 6.18. The van der Waals surface area contributed by atoms with Gasteiger partial charge in [0, 0.05) is 19.1 Å². The van der Waals surface area contributed by atoms with Gasteiger partial charge in [0.15, 0.2) is 0 Å². The van der Waals surface area contributed by atoms with Crippen molar-refractivity contribution in [3.05, 3.63) is 0 Å². The highest BCUT2D eigenvalue weighted by Crippen LogP contribution is 2.29. The van der Waals surface area contributed by atoms with Crippen molar-refractivity contribution in [1.29, 1.82) is 0 Å². The number of hydrogen-bond acceptors (Lipinski definition) is 2. The van der Waals surface area contributed by atoms with Gasteiger partial charge in [-0.3, -0.25) is 4.90 Å². The van der Waals surface area contributed by atoms with E-state index in [1.54, 1.807) is 0 Å². The summed E-state index contributed by atoms with van der Waals surface area (Å²) in [5, 5.41) is 10.1. The second-order valence-corrected chi connectivity index (χ2v) is 6.18. The lowest BCUT2D eigenvalue weighted by Crippen LogP contribution is -2.35. The number of hydrogen-bond donors (Lipinski definition) is 1. The first kappa shape index (κ1) is 12.4. The van der Waals surface area contributed by atoms with Gasteiger partial charge in [0.05, 0.1) is 6.10 Å². The van der Waals surface area contributed by atoms with Crippen LogP contribution in [0.1, 0.15) is 52.4 Å². The minimum absolute atomic E-state index is 0.0872. The van der Waals surface area contributed by atoms with E-state index in [2.05, 4.69) is 18.7 Å². The summed E-state index contributed by atoms with van der Waals surface area (Å²) in [4.78, 5) is 2.48. The van der Waals surface area contributed by atoms with Crippen molar-refractivity contribution in [3.63, 3.8) is 0 Å². The van der Waals surface area contributed by atoms with E-state index >= 15 is 0 Å². The van der Waals surface area contributed by atoms with Gasteiger partial charge in [0.25, 0.3) is 0 Å². The summed E-state index contributed by atoms with van der Waals surface area (Å²) in [5.41, 5.74) is 0. The van der Waals surface area contributed by atoms with E-state index in [-0.39, 0.29) is 6.10 Å². The Morgan fingerprint density at radius 3 is 2.50 bits per heavy atom. The fourth-order valence-electron chi connectivity index (χ4n) is 3.62. The lowest BCUT2D eigenvalue weighted by Gasteiger charge is -2.25. The van der Waals surface area contributed by atoms with Gasteiger partial charge in [0.1, 0.15) is 0 Å². The first-order valence-electron chi connectivity index (χ1n) is 7.07. The molecule has 0 aromatic carbocycles. The minimum Gasteiger partial charge on any atom is -0.392 e. The third-order valence-electron chi connectivity index (χ3n) is 4.44. The number of β-amino-alcohol motifs (C(OH)–C–C–N with tert-alkyl or cyclic N) is 1. The number of rotatable bonds is 4. The van der Waals surface area contributed by atoms with Gasteiger partial charge in [-0.25, -0.2) is 0 Å². The van der Waals surface area contributed by atoms with Crippen LogP contribution in [0.4, 0.5) is 0 Å². The van der Waals surface area contributed by atoms with Crippen molar-refractivity contribution in [2.75, 3.05) is 13.1 Å². The molecule has 0 amide bonds. The largest absolute Gasteiger partial charge is 0.392 e. The average Bonchev–Trinajstić information content (AvgIpc) is 2.78. The van der Waals surface area contributed by atoms with Crippen molar-refractivity contribution >= 4 is 0 Å². The smallest absolute Gasteiger partial charge is 0.0669 e. The predicted octanol–water partition coefficient (Wildman–Crippen LogP) is 2.66. The van der Waals surface area contributed by atoms with Crippen LogP contribution in [-0.4, -0.2) is 35.2 Å². The Morgan fingerprint density at radius 2 is 1.94 bits per heavy atom. The lowest BCUT2D eigenvalue weighted by molar-refractivity contribution is 0.0876. The summed E-state index contributed by atoms with van der Waals surface area (Å²) in [6.07, 6.45) is 7.72. The number of nitrogens with zero attached hydrogens (tertiary/aromatic N) is 1. The third kappa shape index (κ3) is 3.21. The fourth-order valence-corrected chi connectivity index (χ4v) is 3.62. The Morgan fingerprint density at radius 1 is 1.25 bits per heavy atom. The molecule has 0 radical (unpaired) electrons. The van der Waals surface area contributed by atoms with E-state index < -0.39 is 0 Å². The monoisotopic (exact) mass is 225 g/mol. The van der Waals surface area contributed by atoms with Crippen LogP contribution in [0.5, 0.6) is 0 Å². The van der Waals surface area contributed by atoms with E-state index in [0.717, 1.165) is 24.8 Å². The number of aliphatic hydroxyl groups is 1. The molecule has 2 aliphatic rings. The fraction of sp³-hybridized carbons (Fsp3) is 1.00. The minimum atomic E-state index is -0.0872. The summed E-state index contributed by atoms with van der Waals surface area (Å²) in [5.74, 6) is 1.62. The van der Waals surface area contributed by atoms with E-state index in [1.807, 2.05) is 0 Å². The summed E-state index contributed by atoms with van der Waals surface area (Å²) in [7, 11) is 0. The molecule has 1 saturated heterocycles. The molecular weight excluding hydrogens is 198 g/mol. The van der Waals surface area contributed by atoms with Crippen molar-refractivity contribution in [2.45, 2.75) is 64.5 Å². The quantitative estimate of drug-likeness (QED) is 0.795. The molecule has 2 nitrogen and oxygen atoms in total. The lowest BCUT2D eigenvalue weighted by atomic mass is 10.00. The van der Waals surface area contributed by atoms with Crippen molar-refractivity contribution in [1.82, 2.24) is 4.90 Å². The molecule has 2 heteroatoms. The molecule has 1 aliphatic carbocycles. The highest BCUT2D eigenvalue weighted by atomic mass is 16.3. The Balaban J connectivity index is 1.71. The topological polar surface area (TPSA) is 23.5 Å². The summed E-state index contributed by atoms with van der Waals surface area (Å²) < 4.78 is 0.